The lowest BCUT2D eigenvalue weighted by atomic mass is 10.2. The molecule has 1 aliphatic rings. The summed E-state index contributed by atoms with van der Waals surface area (Å²) in [6.45, 7) is 2.58. The molecular formula is C13H13N3O4. The van der Waals surface area contributed by atoms with Crippen molar-refractivity contribution in [3.05, 3.63) is 30.2 Å². The first-order chi connectivity index (χ1) is 9.66. The fourth-order valence-electron chi connectivity index (χ4n) is 2.12. The van der Waals surface area contributed by atoms with Crippen molar-refractivity contribution in [1.82, 2.24) is 15.4 Å². The van der Waals surface area contributed by atoms with E-state index in [0.717, 1.165) is 0 Å². The maximum absolute atomic E-state index is 12.3. The predicted molar refractivity (Wildman–Crippen MR) is 67.7 cm³/mol. The number of carbonyl (C=O) groups excluding carboxylic acids is 2. The molecule has 0 bridgehead atoms. The third-order valence-electron chi connectivity index (χ3n) is 3.25. The van der Waals surface area contributed by atoms with E-state index in [-0.39, 0.29) is 17.5 Å². The molecule has 2 amide bonds. The summed E-state index contributed by atoms with van der Waals surface area (Å²) in [6.07, 6.45) is 1.51. The second-order valence-electron chi connectivity index (χ2n) is 4.52. The molecule has 1 fully saturated rings. The van der Waals surface area contributed by atoms with Crippen molar-refractivity contribution in [2.45, 2.75) is 13.0 Å². The van der Waals surface area contributed by atoms with E-state index in [1.54, 1.807) is 19.1 Å². The number of nitrogens with zero attached hydrogens (tertiary/aromatic N) is 2. The van der Waals surface area contributed by atoms with Crippen LogP contribution in [0.5, 0.6) is 0 Å². The molecule has 2 aromatic heterocycles. The van der Waals surface area contributed by atoms with Crippen molar-refractivity contribution in [3.8, 4) is 11.5 Å². The van der Waals surface area contributed by atoms with Crippen LogP contribution in [-0.4, -0.2) is 41.0 Å². The Morgan fingerprint density at radius 3 is 3.10 bits per heavy atom. The van der Waals surface area contributed by atoms with Crippen LogP contribution in [0.2, 0.25) is 0 Å². The molecule has 1 aliphatic heterocycles. The Bertz CT molecular complexity index is 632. The van der Waals surface area contributed by atoms with Crippen molar-refractivity contribution >= 4 is 11.8 Å². The van der Waals surface area contributed by atoms with Gasteiger partial charge in [0.2, 0.25) is 11.7 Å². The number of carbonyl (C=O) groups is 2. The molecule has 0 spiro atoms. The topological polar surface area (TPSA) is 88.6 Å². The van der Waals surface area contributed by atoms with Crippen molar-refractivity contribution in [2.75, 3.05) is 13.1 Å². The van der Waals surface area contributed by atoms with Gasteiger partial charge in [-0.1, -0.05) is 5.16 Å². The lowest BCUT2D eigenvalue weighted by Crippen LogP contribution is -2.55. The Labute approximate surface area is 114 Å². The molecule has 3 heterocycles. The van der Waals surface area contributed by atoms with E-state index in [1.807, 2.05) is 0 Å². The van der Waals surface area contributed by atoms with Gasteiger partial charge in [-0.25, -0.2) is 0 Å². The third kappa shape index (κ3) is 2.07. The summed E-state index contributed by atoms with van der Waals surface area (Å²) in [5, 5.41) is 6.45. The van der Waals surface area contributed by atoms with Crippen LogP contribution in [0.15, 0.2) is 33.4 Å². The van der Waals surface area contributed by atoms with Crippen molar-refractivity contribution in [3.63, 3.8) is 0 Å². The number of aromatic nitrogens is 1. The van der Waals surface area contributed by atoms with Gasteiger partial charge in [0.05, 0.1) is 6.26 Å². The molecule has 0 radical (unpaired) electrons. The average molecular weight is 275 g/mol. The third-order valence-corrected chi connectivity index (χ3v) is 3.25. The van der Waals surface area contributed by atoms with Crippen molar-refractivity contribution < 1.29 is 18.5 Å². The normalized spacial score (nSPS) is 18.9. The number of piperazine rings is 1. The minimum absolute atomic E-state index is 0.165. The van der Waals surface area contributed by atoms with Gasteiger partial charge in [-0.3, -0.25) is 9.59 Å². The Hall–Kier alpha value is -2.57. The summed E-state index contributed by atoms with van der Waals surface area (Å²) in [5.41, 5.74) is 0.165. The number of hydrogen-bond donors (Lipinski definition) is 1. The zero-order valence-electron chi connectivity index (χ0n) is 10.8. The fraction of sp³-hybridized carbons (Fsp3) is 0.308. The number of hydrogen-bond acceptors (Lipinski definition) is 5. The Morgan fingerprint density at radius 1 is 1.50 bits per heavy atom. The molecule has 0 aromatic carbocycles. The molecule has 1 saturated heterocycles. The van der Waals surface area contributed by atoms with Gasteiger partial charge in [-0.05, 0) is 19.1 Å². The number of rotatable bonds is 2. The molecule has 7 heteroatoms. The molecule has 0 saturated carbocycles. The van der Waals surface area contributed by atoms with Gasteiger partial charge in [0.1, 0.15) is 6.04 Å². The minimum atomic E-state index is -0.514. The van der Waals surface area contributed by atoms with Crippen LogP contribution in [0.3, 0.4) is 0 Å². The van der Waals surface area contributed by atoms with E-state index in [0.29, 0.717) is 24.6 Å². The summed E-state index contributed by atoms with van der Waals surface area (Å²) < 4.78 is 10.3. The van der Waals surface area contributed by atoms with E-state index in [4.69, 9.17) is 8.94 Å². The predicted octanol–water partition coefficient (Wildman–Crippen LogP) is 0.895. The largest absolute Gasteiger partial charge is 0.461 e. The lowest BCUT2D eigenvalue weighted by Gasteiger charge is -2.32. The van der Waals surface area contributed by atoms with Gasteiger partial charge in [-0.15, -0.1) is 0 Å². The molecule has 1 atom stereocenters. The molecule has 20 heavy (non-hydrogen) atoms. The zero-order chi connectivity index (χ0) is 14.1. The highest BCUT2D eigenvalue weighted by Gasteiger charge is 2.31. The Balaban J connectivity index is 1.82. The highest BCUT2D eigenvalue weighted by atomic mass is 16.5. The summed E-state index contributed by atoms with van der Waals surface area (Å²) in [5.74, 6) is 0.390. The van der Waals surface area contributed by atoms with Crippen LogP contribution in [0, 0.1) is 0 Å². The van der Waals surface area contributed by atoms with Crippen LogP contribution >= 0.6 is 0 Å². The lowest BCUT2D eigenvalue weighted by molar-refractivity contribution is -0.127. The summed E-state index contributed by atoms with van der Waals surface area (Å²) >= 11 is 0. The second-order valence-corrected chi connectivity index (χ2v) is 4.52. The van der Waals surface area contributed by atoms with Crippen LogP contribution in [-0.2, 0) is 4.79 Å². The first kappa shape index (κ1) is 12.5. The van der Waals surface area contributed by atoms with E-state index >= 15 is 0 Å². The maximum Gasteiger partial charge on any atom is 0.276 e. The second kappa shape index (κ2) is 4.84. The summed E-state index contributed by atoms with van der Waals surface area (Å²) in [4.78, 5) is 25.4. The molecule has 7 nitrogen and oxygen atoms in total. The van der Waals surface area contributed by atoms with Gasteiger partial charge in [0.25, 0.3) is 5.91 Å². The standard InChI is InChI=1S/C13H13N3O4/c1-8-12(17)14-4-5-16(8)13(18)9-7-11(20-15-9)10-3-2-6-19-10/h2-3,6-8H,4-5H2,1H3,(H,14,17)/t8-/m1/s1. The molecule has 2 aromatic rings. The van der Waals surface area contributed by atoms with Crippen LogP contribution < -0.4 is 5.32 Å². The summed E-state index contributed by atoms with van der Waals surface area (Å²) in [7, 11) is 0. The van der Waals surface area contributed by atoms with Crippen LogP contribution in [0.4, 0.5) is 0 Å². The Kier molecular flexibility index (Phi) is 3.02. The first-order valence-electron chi connectivity index (χ1n) is 6.26. The molecule has 1 N–H and O–H groups in total. The molecule has 0 unspecified atom stereocenters. The van der Waals surface area contributed by atoms with Crippen molar-refractivity contribution in [2.24, 2.45) is 0 Å². The highest BCUT2D eigenvalue weighted by molar-refractivity contribution is 5.97. The quantitative estimate of drug-likeness (QED) is 0.879. The molecular weight excluding hydrogens is 262 g/mol. The van der Waals surface area contributed by atoms with E-state index in [2.05, 4.69) is 10.5 Å². The maximum atomic E-state index is 12.3. The van der Waals surface area contributed by atoms with E-state index < -0.39 is 6.04 Å². The smallest absolute Gasteiger partial charge is 0.276 e. The summed E-state index contributed by atoms with van der Waals surface area (Å²) in [6, 6.07) is 4.43. The highest BCUT2D eigenvalue weighted by Crippen LogP contribution is 2.21. The van der Waals surface area contributed by atoms with Crippen LogP contribution in [0.1, 0.15) is 17.4 Å². The minimum Gasteiger partial charge on any atom is -0.461 e. The van der Waals surface area contributed by atoms with Gasteiger partial charge < -0.3 is 19.2 Å². The fourth-order valence-corrected chi connectivity index (χ4v) is 2.12. The Morgan fingerprint density at radius 2 is 2.35 bits per heavy atom. The van der Waals surface area contributed by atoms with Gasteiger partial charge >= 0.3 is 0 Å². The first-order valence-corrected chi connectivity index (χ1v) is 6.26. The van der Waals surface area contributed by atoms with E-state index in [9.17, 15) is 9.59 Å². The van der Waals surface area contributed by atoms with Gasteiger partial charge in [0.15, 0.2) is 11.5 Å². The molecule has 104 valence electrons. The van der Waals surface area contributed by atoms with Crippen LogP contribution in [0.25, 0.3) is 11.5 Å². The zero-order valence-corrected chi connectivity index (χ0v) is 10.8. The van der Waals surface area contributed by atoms with Gasteiger partial charge in [0, 0.05) is 19.2 Å². The number of nitrogens with one attached hydrogen (secondary N) is 1. The SMILES string of the molecule is C[C@@H]1C(=O)NCCN1C(=O)c1cc(-c2ccco2)on1. The average Bonchev–Trinajstić information content (AvgIpc) is 3.11. The number of amides is 2. The monoisotopic (exact) mass is 275 g/mol. The molecule has 3 rings (SSSR count). The van der Waals surface area contributed by atoms with E-state index in [1.165, 1.54) is 17.2 Å². The van der Waals surface area contributed by atoms with Gasteiger partial charge in [-0.2, -0.15) is 0 Å². The number of furan rings is 1. The molecule has 0 aliphatic carbocycles. The van der Waals surface area contributed by atoms with Crippen molar-refractivity contribution in [1.29, 1.82) is 0 Å².